The smallest absolute Gasteiger partial charge is 0.123 e. The lowest BCUT2D eigenvalue weighted by Crippen LogP contribution is -2.06. The van der Waals surface area contributed by atoms with Crippen LogP contribution in [-0.2, 0) is 12.8 Å². The Kier molecular flexibility index (Phi) is 5.64. The fraction of sp³-hybridized carbons (Fsp3) is 0.368. The monoisotopic (exact) mass is 316 g/mol. The molecule has 2 rings (SSSR count). The third kappa shape index (κ3) is 4.47. The summed E-state index contributed by atoms with van der Waals surface area (Å²) in [6.45, 7) is 3.47. The van der Waals surface area contributed by atoms with Crippen LogP contribution in [0.3, 0.4) is 0 Å². The van der Waals surface area contributed by atoms with Gasteiger partial charge in [0.25, 0.3) is 0 Å². The lowest BCUT2D eigenvalue weighted by atomic mass is 9.96. The topological polar surface area (TPSA) is 69.9 Å². The Bertz CT molecular complexity index is 662. The number of ether oxygens (including phenoxy) is 1. The first-order valence-corrected chi connectivity index (χ1v) is 7.76. The van der Waals surface area contributed by atoms with E-state index in [4.69, 9.17) is 4.74 Å². The maximum Gasteiger partial charge on any atom is 0.123 e. The van der Waals surface area contributed by atoms with Crippen LogP contribution in [-0.4, -0.2) is 34.6 Å². The molecule has 2 aromatic carbocycles. The molecule has 0 radical (unpaired) electrons. The number of phenolic OH excluding ortho intramolecular Hbond substituents is 1. The zero-order chi connectivity index (χ0) is 17.0. The number of rotatable bonds is 6. The predicted octanol–water partition coefficient (Wildman–Crippen LogP) is 2.91. The average Bonchev–Trinajstić information content (AvgIpc) is 2.48. The molecular formula is C19H24O4. The molecule has 0 bridgehead atoms. The maximum absolute atomic E-state index is 10.2. The normalized spacial score (nSPS) is 13.6. The summed E-state index contributed by atoms with van der Waals surface area (Å²) in [4.78, 5) is 0. The number of hydrogen-bond donors (Lipinski definition) is 3. The molecule has 0 heterocycles. The molecule has 0 saturated heterocycles. The lowest BCUT2D eigenvalue weighted by Gasteiger charge is -2.14. The van der Waals surface area contributed by atoms with Crippen molar-refractivity contribution in [2.45, 2.75) is 38.9 Å². The molecule has 2 unspecified atom stereocenters. The molecule has 0 spiro atoms. The van der Waals surface area contributed by atoms with E-state index in [1.807, 2.05) is 30.3 Å². The van der Waals surface area contributed by atoms with E-state index in [1.54, 1.807) is 27.0 Å². The molecule has 2 aromatic rings. The van der Waals surface area contributed by atoms with E-state index in [0.29, 0.717) is 24.2 Å². The molecule has 0 saturated carbocycles. The van der Waals surface area contributed by atoms with E-state index in [0.717, 1.165) is 16.7 Å². The quantitative estimate of drug-likeness (QED) is 0.766. The van der Waals surface area contributed by atoms with Crippen LogP contribution in [0.25, 0.3) is 11.1 Å². The molecule has 4 nitrogen and oxygen atoms in total. The molecule has 0 aliphatic rings. The summed E-state index contributed by atoms with van der Waals surface area (Å²) in [5.41, 5.74) is 3.41. The standard InChI is InChI=1S/C19H24O4/c1-12(20)8-14-4-6-18(22)17(10-14)15-5-7-19(23-3)16(11-15)9-13(2)21/h4-7,10-13,20-22H,8-9H2,1-3H3. The first-order valence-electron chi connectivity index (χ1n) is 7.76. The summed E-state index contributed by atoms with van der Waals surface area (Å²) in [5.74, 6) is 0.904. The molecule has 124 valence electrons. The first-order chi connectivity index (χ1) is 10.9. The van der Waals surface area contributed by atoms with Crippen LogP contribution in [0.5, 0.6) is 11.5 Å². The number of aliphatic hydroxyl groups excluding tert-OH is 2. The van der Waals surface area contributed by atoms with Crippen LogP contribution in [0.2, 0.25) is 0 Å². The van der Waals surface area contributed by atoms with Crippen molar-refractivity contribution < 1.29 is 20.1 Å². The van der Waals surface area contributed by atoms with E-state index in [1.165, 1.54) is 0 Å². The van der Waals surface area contributed by atoms with Gasteiger partial charge in [-0.15, -0.1) is 0 Å². The number of benzene rings is 2. The van der Waals surface area contributed by atoms with Crippen molar-refractivity contribution in [2.24, 2.45) is 0 Å². The van der Waals surface area contributed by atoms with E-state index in [-0.39, 0.29) is 5.75 Å². The predicted molar refractivity (Wildman–Crippen MR) is 90.9 cm³/mol. The van der Waals surface area contributed by atoms with Crippen molar-refractivity contribution in [3.05, 3.63) is 47.5 Å². The number of hydrogen-bond acceptors (Lipinski definition) is 4. The minimum absolute atomic E-state index is 0.188. The van der Waals surface area contributed by atoms with Gasteiger partial charge in [0.15, 0.2) is 0 Å². The highest BCUT2D eigenvalue weighted by Gasteiger charge is 2.12. The van der Waals surface area contributed by atoms with Crippen LogP contribution >= 0.6 is 0 Å². The molecule has 0 aromatic heterocycles. The van der Waals surface area contributed by atoms with E-state index >= 15 is 0 Å². The van der Waals surface area contributed by atoms with E-state index < -0.39 is 12.2 Å². The highest BCUT2D eigenvalue weighted by atomic mass is 16.5. The van der Waals surface area contributed by atoms with Crippen LogP contribution < -0.4 is 4.74 Å². The Morgan fingerprint density at radius 2 is 1.65 bits per heavy atom. The first kappa shape index (κ1) is 17.3. The Morgan fingerprint density at radius 3 is 2.26 bits per heavy atom. The van der Waals surface area contributed by atoms with Gasteiger partial charge in [0, 0.05) is 12.0 Å². The number of aliphatic hydroxyl groups is 2. The Hall–Kier alpha value is -2.04. The van der Waals surface area contributed by atoms with Crippen molar-refractivity contribution in [3.63, 3.8) is 0 Å². The second-order valence-corrected chi connectivity index (χ2v) is 5.98. The lowest BCUT2D eigenvalue weighted by molar-refractivity contribution is 0.194. The molecule has 2 atom stereocenters. The van der Waals surface area contributed by atoms with Gasteiger partial charge in [0.05, 0.1) is 19.3 Å². The van der Waals surface area contributed by atoms with Crippen LogP contribution in [0.15, 0.2) is 36.4 Å². The molecule has 0 amide bonds. The summed E-state index contributed by atoms with van der Waals surface area (Å²) >= 11 is 0. The molecule has 0 aliphatic heterocycles. The fourth-order valence-corrected chi connectivity index (χ4v) is 2.71. The summed E-state index contributed by atoms with van der Waals surface area (Å²) < 4.78 is 5.34. The van der Waals surface area contributed by atoms with Crippen molar-refractivity contribution in [1.29, 1.82) is 0 Å². The second kappa shape index (κ2) is 7.49. The minimum Gasteiger partial charge on any atom is -0.507 e. The summed E-state index contributed by atoms with van der Waals surface area (Å²) in [7, 11) is 1.60. The van der Waals surface area contributed by atoms with Crippen LogP contribution in [0.4, 0.5) is 0 Å². The Balaban J connectivity index is 2.44. The van der Waals surface area contributed by atoms with Crippen molar-refractivity contribution in [3.8, 4) is 22.6 Å². The van der Waals surface area contributed by atoms with Gasteiger partial charge in [-0.1, -0.05) is 12.1 Å². The van der Waals surface area contributed by atoms with Gasteiger partial charge in [-0.25, -0.2) is 0 Å². The van der Waals surface area contributed by atoms with Crippen molar-refractivity contribution >= 4 is 0 Å². The molecule has 3 N–H and O–H groups in total. The maximum atomic E-state index is 10.2. The summed E-state index contributed by atoms with van der Waals surface area (Å²) in [5, 5.41) is 29.4. The number of phenols is 1. The van der Waals surface area contributed by atoms with Gasteiger partial charge < -0.3 is 20.1 Å². The van der Waals surface area contributed by atoms with E-state index in [2.05, 4.69) is 0 Å². The molecule has 0 fully saturated rings. The van der Waals surface area contributed by atoms with Gasteiger partial charge in [0.2, 0.25) is 0 Å². The van der Waals surface area contributed by atoms with Crippen LogP contribution in [0.1, 0.15) is 25.0 Å². The van der Waals surface area contributed by atoms with Crippen LogP contribution in [0, 0.1) is 0 Å². The molecule has 4 heteroatoms. The Morgan fingerprint density at radius 1 is 0.957 bits per heavy atom. The highest BCUT2D eigenvalue weighted by molar-refractivity contribution is 5.72. The Labute approximate surface area is 137 Å². The third-order valence-electron chi connectivity index (χ3n) is 3.70. The second-order valence-electron chi connectivity index (χ2n) is 5.98. The van der Waals surface area contributed by atoms with Gasteiger partial charge in [-0.05, 0) is 61.2 Å². The average molecular weight is 316 g/mol. The molecule has 23 heavy (non-hydrogen) atoms. The van der Waals surface area contributed by atoms with Gasteiger partial charge >= 0.3 is 0 Å². The zero-order valence-corrected chi connectivity index (χ0v) is 13.8. The SMILES string of the molecule is COc1ccc(-c2cc(CC(C)O)ccc2O)cc1CC(C)O. The van der Waals surface area contributed by atoms with Crippen molar-refractivity contribution in [2.75, 3.05) is 7.11 Å². The number of methoxy groups -OCH3 is 1. The fourth-order valence-electron chi connectivity index (χ4n) is 2.71. The van der Waals surface area contributed by atoms with Gasteiger partial charge in [-0.3, -0.25) is 0 Å². The minimum atomic E-state index is -0.477. The summed E-state index contributed by atoms with van der Waals surface area (Å²) in [6, 6.07) is 11.0. The summed E-state index contributed by atoms with van der Waals surface area (Å²) in [6.07, 6.45) is 0.0955. The largest absolute Gasteiger partial charge is 0.507 e. The third-order valence-corrected chi connectivity index (χ3v) is 3.70. The molecular weight excluding hydrogens is 292 g/mol. The highest BCUT2D eigenvalue weighted by Crippen LogP contribution is 2.33. The van der Waals surface area contributed by atoms with Crippen molar-refractivity contribution in [1.82, 2.24) is 0 Å². The van der Waals surface area contributed by atoms with E-state index in [9.17, 15) is 15.3 Å². The molecule has 0 aliphatic carbocycles. The zero-order valence-electron chi connectivity index (χ0n) is 13.8. The van der Waals surface area contributed by atoms with Gasteiger partial charge in [0.1, 0.15) is 11.5 Å². The van der Waals surface area contributed by atoms with Gasteiger partial charge in [-0.2, -0.15) is 0 Å². The number of aromatic hydroxyl groups is 1.